The second-order valence-corrected chi connectivity index (χ2v) is 6.87. The molecule has 25 heavy (non-hydrogen) atoms. The van der Waals surface area contributed by atoms with Crippen molar-refractivity contribution in [3.05, 3.63) is 17.5 Å². The molecule has 0 amide bonds. The quantitative estimate of drug-likeness (QED) is 0.418. The Morgan fingerprint density at radius 1 is 1.36 bits per heavy atom. The average molecular weight is 471 g/mol. The largest absolute Gasteiger partial charge is 0.435 e. The summed E-state index contributed by atoms with van der Waals surface area (Å²) in [4.78, 5) is 6.64. The van der Waals surface area contributed by atoms with Crippen LogP contribution in [0, 0.1) is 5.41 Å². The molecule has 0 radical (unpaired) electrons. The molecule has 9 heteroatoms. The number of aliphatic imine (C=N–C) groups is 1. The molecule has 0 bridgehead atoms. The van der Waals surface area contributed by atoms with E-state index in [4.69, 9.17) is 0 Å². The Morgan fingerprint density at radius 2 is 2.08 bits per heavy atom. The van der Waals surface area contributed by atoms with Crippen LogP contribution in [0.4, 0.5) is 13.2 Å². The van der Waals surface area contributed by atoms with Gasteiger partial charge in [-0.05, 0) is 31.6 Å². The maximum atomic E-state index is 13.0. The molecular formula is C16H25F3IN5. The lowest BCUT2D eigenvalue weighted by Crippen LogP contribution is -2.42. The van der Waals surface area contributed by atoms with Crippen LogP contribution in [0.3, 0.4) is 0 Å². The van der Waals surface area contributed by atoms with Crippen LogP contribution in [-0.2, 0) is 19.8 Å². The molecule has 3 rings (SSSR count). The molecule has 1 spiro atoms. The van der Waals surface area contributed by atoms with Crippen LogP contribution >= 0.6 is 24.0 Å². The van der Waals surface area contributed by atoms with E-state index in [0.717, 1.165) is 19.5 Å². The number of aromatic nitrogens is 2. The number of hydrogen-bond donors (Lipinski definition) is 1. The third-order valence-electron chi connectivity index (χ3n) is 5.06. The Hall–Kier alpha value is -1.00. The zero-order valence-corrected chi connectivity index (χ0v) is 16.9. The number of halogens is 4. The molecule has 1 aliphatic heterocycles. The van der Waals surface area contributed by atoms with Crippen LogP contribution in [0.15, 0.2) is 11.2 Å². The third kappa shape index (κ3) is 4.40. The average Bonchev–Trinajstić information content (AvgIpc) is 3.06. The fourth-order valence-corrected chi connectivity index (χ4v) is 3.68. The Bertz CT molecular complexity index is 622. The van der Waals surface area contributed by atoms with Gasteiger partial charge in [-0.25, -0.2) is 4.99 Å². The van der Waals surface area contributed by atoms with Gasteiger partial charge in [0.25, 0.3) is 0 Å². The van der Waals surface area contributed by atoms with E-state index >= 15 is 0 Å². The lowest BCUT2D eigenvalue weighted by molar-refractivity contribution is -0.142. The van der Waals surface area contributed by atoms with Crippen LogP contribution in [0.25, 0.3) is 0 Å². The molecule has 1 saturated carbocycles. The molecule has 0 atom stereocenters. The molecule has 1 aromatic rings. The van der Waals surface area contributed by atoms with Gasteiger partial charge < -0.3 is 10.2 Å². The van der Waals surface area contributed by atoms with Gasteiger partial charge >= 0.3 is 6.18 Å². The highest BCUT2D eigenvalue weighted by Gasteiger charge is 2.43. The Labute approximate surface area is 163 Å². The van der Waals surface area contributed by atoms with Crippen molar-refractivity contribution in [1.29, 1.82) is 0 Å². The maximum Gasteiger partial charge on any atom is 0.435 e. The van der Waals surface area contributed by atoms with Gasteiger partial charge in [-0.2, -0.15) is 18.3 Å². The lowest BCUT2D eigenvalue weighted by atomic mass is 9.68. The molecule has 1 saturated heterocycles. The van der Waals surface area contributed by atoms with Crippen molar-refractivity contribution in [3.8, 4) is 0 Å². The normalized spacial score (nSPS) is 19.7. The van der Waals surface area contributed by atoms with Crippen LogP contribution < -0.4 is 5.32 Å². The molecule has 5 nitrogen and oxygen atoms in total. The van der Waals surface area contributed by atoms with Gasteiger partial charge in [0.15, 0.2) is 11.7 Å². The molecule has 0 aromatic carbocycles. The van der Waals surface area contributed by atoms with Crippen LogP contribution in [0.1, 0.15) is 43.9 Å². The van der Waals surface area contributed by atoms with Crippen molar-refractivity contribution in [2.75, 3.05) is 19.6 Å². The number of likely N-dealkylation sites (tertiary alicyclic amines) is 1. The number of guanidine groups is 1. The van der Waals surface area contributed by atoms with Crippen LogP contribution in [-0.4, -0.2) is 40.3 Å². The molecule has 0 unspecified atom stereocenters. The van der Waals surface area contributed by atoms with E-state index in [2.05, 4.69) is 20.3 Å². The van der Waals surface area contributed by atoms with Crippen molar-refractivity contribution in [3.63, 3.8) is 0 Å². The minimum absolute atomic E-state index is 0. The van der Waals surface area contributed by atoms with Gasteiger partial charge in [-0.1, -0.05) is 6.42 Å². The number of alkyl halides is 3. The minimum Gasteiger partial charge on any atom is -0.357 e. The molecule has 2 aliphatic rings. The van der Waals surface area contributed by atoms with E-state index in [1.165, 1.54) is 37.2 Å². The Kier molecular flexibility index (Phi) is 6.26. The molecule has 1 aromatic heterocycles. The summed E-state index contributed by atoms with van der Waals surface area (Å²) in [5.41, 5.74) is -0.318. The number of nitrogens with one attached hydrogen (secondary N) is 1. The van der Waals surface area contributed by atoms with E-state index in [1.807, 2.05) is 6.92 Å². The molecule has 1 N–H and O–H groups in total. The first-order valence-corrected chi connectivity index (χ1v) is 8.46. The molecular weight excluding hydrogens is 446 g/mol. The van der Waals surface area contributed by atoms with Crippen LogP contribution in [0.2, 0.25) is 0 Å². The van der Waals surface area contributed by atoms with Crippen LogP contribution in [0.5, 0.6) is 0 Å². The zero-order valence-electron chi connectivity index (χ0n) is 14.6. The highest BCUT2D eigenvalue weighted by atomic mass is 127. The van der Waals surface area contributed by atoms with Crippen molar-refractivity contribution in [2.24, 2.45) is 17.5 Å². The van der Waals surface area contributed by atoms with Crippen molar-refractivity contribution in [1.82, 2.24) is 20.0 Å². The standard InChI is InChI=1S/C16H24F3N5.HI/c1-3-20-14(24-8-7-15(11-24)5-4-6-15)21-9-12-10-23(2)22-13(12)16(17,18)19;/h10H,3-9,11H2,1-2H3,(H,20,21);1H. The van der Waals surface area contributed by atoms with E-state index in [1.54, 1.807) is 0 Å². The summed E-state index contributed by atoms with van der Waals surface area (Å²) in [6.07, 6.45) is 1.89. The highest BCUT2D eigenvalue weighted by Crippen LogP contribution is 2.47. The summed E-state index contributed by atoms with van der Waals surface area (Å²) in [5, 5.41) is 6.75. The van der Waals surface area contributed by atoms with E-state index in [0.29, 0.717) is 17.9 Å². The fourth-order valence-electron chi connectivity index (χ4n) is 3.68. The summed E-state index contributed by atoms with van der Waals surface area (Å²) in [6.45, 7) is 4.52. The minimum atomic E-state index is -4.45. The predicted molar refractivity (Wildman–Crippen MR) is 101 cm³/mol. The Morgan fingerprint density at radius 3 is 2.60 bits per heavy atom. The summed E-state index contributed by atoms with van der Waals surface area (Å²) < 4.78 is 40.3. The summed E-state index contributed by atoms with van der Waals surface area (Å²) in [7, 11) is 1.49. The molecule has 1 aliphatic carbocycles. The van der Waals surface area contributed by atoms with E-state index < -0.39 is 11.9 Å². The summed E-state index contributed by atoms with van der Waals surface area (Å²) in [5.74, 6) is 0.707. The van der Waals surface area contributed by atoms with Crippen molar-refractivity contribution in [2.45, 2.75) is 45.3 Å². The Balaban J connectivity index is 0.00000225. The summed E-state index contributed by atoms with van der Waals surface area (Å²) in [6, 6.07) is 0. The maximum absolute atomic E-state index is 13.0. The molecule has 2 heterocycles. The smallest absolute Gasteiger partial charge is 0.357 e. The topological polar surface area (TPSA) is 45.5 Å². The monoisotopic (exact) mass is 471 g/mol. The van der Waals surface area contributed by atoms with Crippen molar-refractivity contribution < 1.29 is 13.2 Å². The third-order valence-corrected chi connectivity index (χ3v) is 5.06. The van der Waals surface area contributed by atoms with Gasteiger partial charge in [-0.3, -0.25) is 4.68 Å². The zero-order chi connectivity index (χ0) is 17.4. The van der Waals surface area contributed by atoms with Gasteiger partial charge in [0.05, 0.1) is 6.54 Å². The second-order valence-electron chi connectivity index (χ2n) is 6.87. The number of rotatable bonds is 3. The lowest BCUT2D eigenvalue weighted by Gasteiger charge is -2.38. The number of nitrogens with zero attached hydrogens (tertiary/aromatic N) is 4. The van der Waals surface area contributed by atoms with Gasteiger partial charge in [0.2, 0.25) is 0 Å². The van der Waals surface area contributed by atoms with Gasteiger partial charge in [0, 0.05) is 38.4 Å². The fraction of sp³-hybridized carbons (Fsp3) is 0.750. The van der Waals surface area contributed by atoms with E-state index in [9.17, 15) is 13.2 Å². The van der Waals surface area contributed by atoms with E-state index in [-0.39, 0.29) is 36.1 Å². The SMILES string of the molecule is CCNC(=NCc1cn(C)nc1C(F)(F)F)N1CCC2(CCC2)C1.I. The molecule has 2 fully saturated rings. The summed E-state index contributed by atoms with van der Waals surface area (Å²) >= 11 is 0. The van der Waals surface area contributed by atoms with Gasteiger partial charge in [0.1, 0.15) is 0 Å². The number of hydrogen-bond acceptors (Lipinski definition) is 2. The first-order chi connectivity index (χ1) is 11.3. The predicted octanol–water partition coefficient (Wildman–Crippen LogP) is 3.40. The first-order valence-electron chi connectivity index (χ1n) is 8.46. The van der Waals surface area contributed by atoms with Crippen molar-refractivity contribution >= 4 is 29.9 Å². The number of aryl methyl sites for hydroxylation is 1. The highest BCUT2D eigenvalue weighted by molar-refractivity contribution is 14.0. The first kappa shape index (κ1) is 20.3. The second kappa shape index (κ2) is 7.71. The van der Waals surface area contributed by atoms with Gasteiger partial charge in [-0.15, -0.1) is 24.0 Å². The molecule has 142 valence electrons.